The minimum Gasteiger partial charge on any atom is -0.342 e. The minimum absolute atomic E-state index is 0. The molecule has 1 aromatic carbocycles. The van der Waals surface area contributed by atoms with E-state index in [9.17, 15) is 4.79 Å². The Balaban J connectivity index is 0.00000156. The Hall–Kier alpha value is -0.710. The fourth-order valence-corrected chi connectivity index (χ4v) is 5.46. The number of hydrogen-bond donors (Lipinski definition) is 1. The summed E-state index contributed by atoms with van der Waals surface area (Å²) in [6.07, 6.45) is 5.89. The Labute approximate surface area is 149 Å². The van der Waals surface area contributed by atoms with Crippen LogP contribution in [0.15, 0.2) is 29.2 Å². The Morgan fingerprint density at radius 2 is 1.83 bits per heavy atom. The number of hydrogen-bond acceptors (Lipinski definition) is 3. The van der Waals surface area contributed by atoms with Crippen LogP contribution in [0.4, 0.5) is 0 Å². The molecule has 1 N–H and O–H groups in total. The average Bonchev–Trinajstić information content (AvgIpc) is 3.00. The second-order valence-corrected chi connectivity index (χ2v) is 8.24. The number of halogens is 1. The molecule has 0 radical (unpaired) electrons. The highest BCUT2D eigenvalue weighted by Crippen LogP contribution is 2.41. The summed E-state index contributed by atoms with van der Waals surface area (Å²) in [5, 5.41) is 3.57. The van der Waals surface area contributed by atoms with Crippen LogP contribution in [0.5, 0.6) is 0 Å². The van der Waals surface area contributed by atoms with E-state index in [0.717, 1.165) is 32.6 Å². The van der Waals surface area contributed by atoms with Crippen LogP contribution in [0.1, 0.15) is 31.2 Å². The van der Waals surface area contributed by atoms with Gasteiger partial charge in [-0.1, -0.05) is 18.2 Å². The fraction of sp³-hybridized carbons (Fsp3) is 0.611. The highest BCUT2D eigenvalue weighted by Gasteiger charge is 2.39. The predicted octanol–water partition coefficient (Wildman–Crippen LogP) is 3.12. The molecule has 3 nitrogen and oxygen atoms in total. The maximum absolute atomic E-state index is 12.8. The molecule has 3 aliphatic heterocycles. The lowest BCUT2D eigenvalue weighted by atomic mass is 9.71. The lowest BCUT2D eigenvalue weighted by Crippen LogP contribution is -2.49. The number of fused-ring (bicyclic) bond motifs is 1. The van der Waals surface area contributed by atoms with E-state index in [-0.39, 0.29) is 17.7 Å². The van der Waals surface area contributed by atoms with E-state index in [1.54, 1.807) is 11.8 Å². The molecule has 1 unspecified atom stereocenters. The zero-order valence-electron chi connectivity index (χ0n) is 13.4. The molecular formula is C18H25ClN2OS. The standard InChI is InChI=1S/C18H24N2OS.ClH/c21-17(16-13-14-3-1-2-4-15(14)22-16)20-11-7-18(8-12-20)5-9-19-10-6-18;/h1-4,16,19H,5-13H2;1H. The Bertz CT molecular complexity index is 539. The van der Waals surface area contributed by atoms with Gasteiger partial charge in [0, 0.05) is 18.0 Å². The lowest BCUT2D eigenvalue weighted by Gasteiger charge is -2.44. The third kappa shape index (κ3) is 3.40. The first-order valence-corrected chi connectivity index (χ1v) is 9.38. The van der Waals surface area contributed by atoms with Crippen LogP contribution in [-0.2, 0) is 11.2 Å². The number of carbonyl (C=O) groups excluding carboxylic acids is 1. The highest BCUT2D eigenvalue weighted by molar-refractivity contribution is 8.01. The number of piperidine rings is 2. The Morgan fingerprint density at radius 3 is 2.52 bits per heavy atom. The van der Waals surface area contributed by atoms with E-state index in [0.29, 0.717) is 11.3 Å². The second-order valence-electron chi connectivity index (χ2n) is 6.99. The third-order valence-electron chi connectivity index (χ3n) is 5.72. The quantitative estimate of drug-likeness (QED) is 0.842. The summed E-state index contributed by atoms with van der Waals surface area (Å²) < 4.78 is 0. The summed E-state index contributed by atoms with van der Waals surface area (Å²) in [6.45, 7) is 4.24. The monoisotopic (exact) mass is 352 g/mol. The van der Waals surface area contributed by atoms with Crippen LogP contribution in [0.3, 0.4) is 0 Å². The molecule has 0 saturated carbocycles. The van der Waals surface area contributed by atoms with Crippen molar-refractivity contribution in [3.05, 3.63) is 29.8 Å². The van der Waals surface area contributed by atoms with Crippen molar-refractivity contribution in [1.29, 1.82) is 0 Å². The van der Waals surface area contributed by atoms with Crippen LogP contribution in [0.2, 0.25) is 0 Å². The molecule has 2 saturated heterocycles. The SMILES string of the molecule is Cl.O=C(C1Cc2ccccc2S1)N1CCC2(CCNCC2)CC1. The average molecular weight is 353 g/mol. The Kier molecular flexibility index (Phi) is 5.24. The van der Waals surface area contributed by atoms with Gasteiger partial charge in [0.2, 0.25) is 5.91 Å². The van der Waals surface area contributed by atoms with Crippen LogP contribution in [0, 0.1) is 5.41 Å². The van der Waals surface area contributed by atoms with Gasteiger partial charge in [0.15, 0.2) is 0 Å². The summed E-state index contributed by atoms with van der Waals surface area (Å²) in [4.78, 5) is 16.3. The molecule has 1 atom stereocenters. The van der Waals surface area contributed by atoms with Gasteiger partial charge in [0.05, 0.1) is 5.25 Å². The first kappa shape index (κ1) is 17.1. The van der Waals surface area contributed by atoms with Crippen molar-refractivity contribution in [2.45, 2.75) is 42.2 Å². The number of carbonyl (C=O) groups is 1. The van der Waals surface area contributed by atoms with Gasteiger partial charge in [-0.25, -0.2) is 0 Å². The number of rotatable bonds is 1. The number of thioether (sulfide) groups is 1. The maximum atomic E-state index is 12.8. The van der Waals surface area contributed by atoms with Gasteiger partial charge in [0.1, 0.15) is 0 Å². The number of nitrogens with zero attached hydrogens (tertiary/aromatic N) is 1. The first-order valence-electron chi connectivity index (χ1n) is 8.50. The van der Waals surface area contributed by atoms with Gasteiger partial charge < -0.3 is 10.2 Å². The normalized spacial score (nSPS) is 25.7. The summed E-state index contributed by atoms with van der Waals surface area (Å²) in [5.41, 5.74) is 1.87. The van der Waals surface area contributed by atoms with E-state index in [2.05, 4.69) is 34.5 Å². The predicted molar refractivity (Wildman–Crippen MR) is 97.4 cm³/mol. The number of benzene rings is 1. The Morgan fingerprint density at radius 1 is 1.13 bits per heavy atom. The molecule has 1 spiro atoms. The molecule has 126 valence electrons. The molecule has 0 aromatic heterocycles. The van der Waals surface area contributed by atoms with E-state index in [4.69, 9.17) is 0 Å². The topological polar surface area (TPSA) is 32.3 Å². The van der Waals surface area contributed by atoms with Gasteiger partial charge >= 0.3 is 0 Å². The molecule has 4 rings (SSSR count). The van der Waals surface area contributed by atoms with Gasteiger partial charge in [0.25, 0.3) is 0 Å². The van der Waals surface area contributed by atoms with Crippen molar-refractivity contribution in [3.63, 3.8) is 0 Å². The van der Waals surface area contributed by atoms with Crippen LogP contribution in [-0.4, -0.2) is 42.2 Å². The summed E-state index contributed by atoms with van der Waals surface area (Å²) in [6, 6.07) is 8.46. The molecule has 1 aromatic rings. The van der Waals surface area contributed by atoms with Gasteiger partial charge in [-0.15, -0.1) is 24.2 Å². The zero-order valence-corrected chi connectivity index (χ0v) is 15.1. The van der Waals surface area contributed by atoms with Crippen molar-refractivity contribution in [1.82, 2.24) is 10.2 Å². The van der Waals surface area contributed by atoms with Crippen molar-refractivity contribution in [3.8, 4) is 0 Å². The van der Waals surface area contributed by atoms with Gasteiger partial charge in [-0.3, -0.25) is 4.79 Å². The van der Waals surface area contributed by atoms with Crippen LogP contribution >= 0.6 is 24.2 Å². The fourth-order valence-electron chi connectivity index (χ4n) is 4.18. The van der Waals surface area contributed by atoms with E-state index in [1.165, 1.54) is 36.1 Å². The van der Waals surface area contributed by atoms with E-state index in [1.807, 2.05) is 0 Å². The van der Waals surface area contributed by atoms with Crippen LogP contribution in [0.25, 0.3) is 0 Å². The van der Waals surface area contributed by atoms with Gasteiger partial charge in [-0.2, -0.15) is 0 Å². The van der Waals surface area contributed by atoms with E-state index >= 15 is 0 Å². The second kappa shape index (κ2) is 7.04. The zero-order chi connectivity index (χ0) is 15.0. The third-order valence-corrected chi connectivity index (χ3v) is 7.03. The van der Waals surface area contributed by atoms with Gasteiger partial charge in [-0.05, 0) is 62.2 Å². The molecule has 1 amide bonds. The smallest absolute Gasteiger partial charge is 0.236 e. The molecular weight excluding hydrogens is 328 g/mol. The molecule has 0 aliphatic carbocycles. The number of amides is 1. The van der Waals surface area contributed by atoms with Crippen molar-refractivity contribution in [2.24, 2.45) is 5.41 Å². The van der Waals surface area contributed by atoms with Crippen molar-refractivity contribution in [2.75, 3.05) is 26.2 Å². The maximum Gasteiger partial charge on any atom is 0.236 e. The molecule has 0 bridgehead atoms. The molecule has 3 aliphatic rings. The summed E-state index contributed by atoms with van der Waals surface area (Å²) >= 11 is 1.76. The van der Waals surface area contributed by atoms with Crippen LogP contribution < -0.4 is 5.32 Å². The van der Waals surface area contributed by atoms with Crippen molar-refractivity contribution >= 4 is 30.1 Å². The van der Waals surface area contributed by atoms with E-state index < -0.39 is 0 Å². The largest absolute Gasteiger partial charge is 0.342 e. The molecule has 23 heavy (non-hydrogen) atoms. The lowest BCUT2D eigenvalue weighted by molar-refractivity contribution is -0.133. The molecule has 3 heterocycles. The first-order chi connectivity index (χ1) is 10.8. The summed E-state index contributed by atoms with van der Waals surface area (Å²) in [5.74, 6) is 0.366. The molecule has 5 heteroatoms. The molecule has 2 fully saturated rings. The minimum atomic E-state index is 0. The van der Waals surface area contributed by atoms with Crippen molar-refractivity contribution < 1.29 is 4.79 Å². The number of likely N-dealkylation sites (tertiary alicyclic amines) is 1. The number of nitrogens with one attached hydrogen (secondary N) is 1. The highest BCUT2D eigenvalue weighted by atomic mass is 35.5. The summed E-state index contributed by atoms with van der Waals surface area (Å²) in [7, 11) is 0.